The minimum atomic E-state index is -0.299. The molecule has 0 spiro atoms. The number of rotatable bonds is 4. The van der Waals surface area contributed by atoms with Gasteiger partial charge in [0.05, 0.1) is 13.2 Å². The van der Waals surface area contributed by atoms with Crippen molar-refractivity contribution >= 4 is 5.91 Å². The maximum atomic E-state index is 11.9. The van der Waals surface area contributed by atoms with Crippen molar-refractivity contribution in [3.8, 4) is 0 Å². The molecular formula is C13H20N4O2. The number of ether oxygens (including phenoxy) is 1. The zero-order chi connectivity index (χ0) is 13.7. The van der Waals surface area contributed by atoms with Crippen LogP contribution in [0.15, 0.2) is 24.5 Å². The van der Waals surface area contributed by atoms with Crippen LogP contribution in [0.3, 0.4) is 0 Å². The van der Waals surface area contributed by atoms with Crippen molar-refractivity contribution in [2.45, 2.75) is 12.1 Å². The van der Waals surface area contributed by atoms with Gasteiger partial charge in [0.1, 0.15) is 6.04 Å². The Morgan fingerprint density at radius 1 is 1.74 bits per heavy atom. The molecule has 1 amide bonds. The van der Waals surface area contributed by atoms with Crippen LogP contribution in [0.5, 0.6) is 0 Å². The average molecular weight is 264 g/mol. The Labute approximate surface area is 112 Å². The molecule has 1 aliphatic rings. The van der Waals surface area contributed by atoms with Crippen LogP contribution >= 0.6 is 0 Å². The third-order valence-corrected chi connectivity index (χ3v) is 3.41. The highest BCUT2D eigenvalue weighted by atomic mass is 16.5. The van der Waals surface area contributed by atoms with E-state index in [0.717, 1.165) is 5.56 Å². The van der Waals surface area contributed by atoms with Gasteiger partial charge in [0, 0.05) is 38.6 Å². The zero-order valence-corrected chi connectivity index (χ0v) is 11.1. The molecule has 1 aromatic heterocycles. The Kier molecular flexibility index (Phi) is 4.84. The van der Waals surface area contributed by atoms with E-state index in [9.17, 15) is 4.79 Å². The average Bonchev–Trinajstić information content (AvgIpc) is 2.49. The van der Waals surface area contributed by atoms with Gasteiger partial charge in [-0.15, -0.1) is 0 Å². The molecule has 2 rings (SSSR count). The number of carbonyl (C=O) groups excluding carboxylic acids is 1. The van der Waals surface area contributed by atoms with Gasteiger partial charge in [-0.1, -0.05) is 6.07 Å². The quantitative estimate of drug-likeness (QED) is 0.768. The predicted octanol–water partition coefficient (Wildman–Crippen LogP) is -0.472. The summed E-state index contributed by atoms with van der Waals surface area (Å²) >= 11 is 0. The topological polar surface area (TPSA) is 80.5 Å². The van der Waals surface area contributed by atoms with Crippen LogP contribution in [0.4, 0.5) is 0 Å². The Balaban J connectivity index is 2.22. The number of nitrogens with one attached hydrogen (secondary N) is 1. The second kappa shape index (κ2) is 6.60. The van der Waals surface area contributed by atoms with E-state index in [1.165, 1.54) is 0 Å². The monoisotopic (exact) mass is 264 g/mol. The van der Waals surface area contributed by atoms with Crippen molar-refractivity contribution in [3.05, 3.63) is 30.1 Å². The zero-order valence-electron chi connectivity index (χ0n) is 11.1. The molecule has 3 N–H and O–H groups in total. The number of aromatic nitrogens is 1. The number of nitrogens with two attached hydrogens (primary N) is 1. The molecule has 1 fully saturated rings. The summed E-state index contributed by atoms with van der Waals surface area (Å²) in [4.78, 5) is 18.2. The van der Waals surface area contributed by atoms with Gasteiger partial charge in [0.25, 0.3) is 0 Å². The van der Waals surface area contributed by atoms with Gasteiger partial charge < -0.3 is 15.8 Å². The van der Waals surface area contributed by atoms with Crippen molar-refractivity contribution in [2.75, 3.05) is 33.4 Å². The molecule has 6 nitrogen and oxygen atoms in total. The minimum absolute atomic E-state index is 0.0140. The van der Waals surface area contributed by atoms with E-state index >= 15 is 0 Å². The first-order valence-electron chi connectivity index (χ1n) is 6.43. The first kappa shape index (κ1) is 13.9. The van der Waals surface area contributed by atoms with E-state index in [0.29, 0.717) is 26.3 Å². The van der Waals surface area contributed by atoms with E-state index in [4.69, 9.17) is 10.5 Å². The number of morpholine rings is 1. The second-order valence-corrected chi connectivity index (χ2v) is 4.48. The molecule has 2 heterocycles. The maximum absolute atomic E-state index is 11.9. The lowest BCUT2D eigenvalue weighted by Gasteiger charge is -2.39. The van der Waals surface area contributed by atoms with Crippen LogP contribution in [0.1, 0.15) is 11.6 Å². The highest BCUT2D eigenvalue weighted by Gasteiger charge is 2.33. The molecule has 1 saturated heterocycles. The summed E-state index contributed by atoms with van der Waals surface area (Å²) < 4.78 is 5.41. The summed E-state index contributed by atoms with van der Waals surface area (Å²) in [5, 5.41) is 2.68. The van der Waals surface area contributed by atoms with Gasteiger partial charge in [0.15, 0.2) is 0 Å². The lowest BCUT2D eigenvalue weighted by Crippen LogP contribution is -2.55. The van der Waals surface area contributed by atoms with Gasteiger partial charge in [-0.2, -0.15) is 0 Å². The molecule has 0 aliphatic carbocycles. The summed E-state index contributed by atoms with van der Waals surface area (Å²) in [5.41, 5.74) is 6.93. The van der Waals surface area contributed by atoms with E-state index in [1.807, 2.05) is 12.1 Å². The summed E-state index contributed by atoms with van der Waals surface area (Å²) in [6.07, 6.45) is 3.53. The summed E-state index contributed by atoms with van der Waals surface area (Å²) in [7, 11) is 1.64. The van der Waals surface area contributed by atoms with Crippen molar-refractivity contribution in [1.82, 2.24) is 15.2 Å². The highest BCUT2D eigenvalue weighted by molar-refractivity contribution is 5.81. The van der Waals surface area contributed by atoms with Crippen LogP contribution in [-0.4, -0.2) is 55.2 Å². The largest absolute Gasteiger partial charge is 0.378 e. The maximum Gasteiger partial charge on any atom is 0.239 e. The van der Waals surface area contributed by atoms with Crippen LogP contribution in [0, 0.1) is 0 Å². The van der Waals surface area contributed by atoms with Crippen molar-refractivity contribution in [3.63, 3.8) is 0 Å². The molecule has 1 aromatic rings. The minimum Gasteiger partial charge on any atom is -0.378 e. The molecule has 19 heavy (non-hydrogen) atoms. The Bertz CT molecular complexity index is 412. The lowest BCUT2D eigenvalue weighted by molar-refractivity contribution is -0.134. The van der Waals surface area contributed by atoms with Crippen LogP contribution in [0.25, 0.3) is 0 Å². The SMILES string of the molecule is CNC(=O)C1COCCN1C(CN)c1cccnc1. The number of carbonyl (C=O) groups is 1. The Morgan fingerprint density at radius 2 is 2.58 bits per heavy atom. The Hall–Kier alpha value is -1.50. The van der Waals surface area contributed by atoms with Crippen molar-refractivity contribution in [1.29, 1.82) is 0 Å². The third kappa shape index (κ3) is 3.09. The van der Waals surface area contributed by atoms with Crippen molar-refractivity contribution < 1.29 is 9.53 Å². The van der Waals surface area contributed by atoms with E-state index < -0.39 is 0 Å². The molecular weight excluding hydrogens is 244 g/mol. The Morgan fingerprint density at radius 3 is 3.21 bits per heavy atom. The molecule has 104 valence electrons. The van der Waals surface area contributed by atoms with Crippen LogP contribution in [0.2, 0.25) is 0 Å². The van der Waals surface area contributed by atoms with E-state index in [1.54, 1.807) is 19.4 Å². The number of likely N-dealkylation sites (N-methyl/N-ethyl adjacent to an activating group) is 1. The third-order valence-electron chi connectivity index (χ3n) is 3.41. The summed E-state index contributed by atoms with van der Waals surface area (Å²) in [6, 6.07) is 3.56. The van der Waals surface area contributed by atoms with Crippen molar-refractivity contribution in [2.24, 2.45) is 5.73 Å². The summed E-state index contributed by atoms with van der Waals surface area (Å²) in [6.45, 7) is 2.15. The molecule has 2 atom stereocenters. The van der Waals surface area contributed by atoms with Crippen LogP contribution in [-0.2, 0) is 9.53 Å². The molecule has 0 aromatic carbocycles. The number of amides is 1. The first-order valence-corrected chi connectivity index (χ1v) is 6.43. The second-order valence-electron chi connectivity index (χ2n) is 4.48. The standard InChI is InChI=1S/C13H20N4O2/c1-15-13(18)12-9-19-6-5-17(12)11(7-14)10-3-2-4-16-8-10/h2-4,8,11-12H,5-7,9,14H2,1H3,(H,15,18). The first-order chi connectivity index (χ1) is 9.27. The van der Waals surface area contributed by atoms with Gasteiger partial charge in [-0.3, -0.25) is 14.7 Å². The fourth-order valence-electron chi connectivity index (χ4n) is 2.42. The molecule has 1 aliphatic heterocycles. The lowest BCUT2D eigenvalue weighted by atomic mass is 10.0. The molecule has 6 heteroatoms. The molecule has 0 bridgehead atoms. The smallest absolute Gasteiger partial charge is 0.239 e. The fraction of sp³-hybridized carbons (Fsp3) is 0.538. The van der Waals surface area contributed by atoms with Gasteiger partial charge in [0.2, 0.25) is 5.91 Å². The number of hydrogen-bond acceptors (Lipinski definition) is 5. The van der Waals surface area contributed by atoms with Gasteiger partial charge in [-0.05, 0) is 11.6 Å². The number of hydrogen-bond donors (Lipinski definition) is 2. The number of nitrogens with zero attached hydrogens (tertiary/aromatic N) is 2. The fourth-order valence-corrected chi connectivity index (χ4v) is 2.42. The predicted molar refractivity (Wildman–Crippen MR) is 71.4 cm³/mol. The number of pyridine rings is 1. The molecule has 2 unspecified atom stereocenters. The van der Waals surface area contributed by atoms with E-state index in [2.05, 4.69) is 15.2 Å². The van der Waals surface area contributed by atoms with E-state index in [-0.39, 0.29) is 18.0 Å². The normalized spacial score (nSPS) is 21.9. The van der Waals surface area contributed by atoms with Gasteiger partial charge >= 0.3 is 0 Å². The molecule has 0 saturated carbocycles. The van der Waals surface area contributed by atoms with Gasteiger partial charge in [-0.25, -0.2) is 0 Å². The summed E-state index contributed by atoms with van der Waals surface area (Å²) in [5.74, 6) is -0.0398. The molecule has 0 radical (unpaired) electrons. The highest BCUT2D eigenvalue weighted by Crippen LogP contribution is 2.23. The van der Waals surface area contributed by atoms with Crippen LogP contribution < -0.4 is 11.1 Å².